The molecule has 24 heavy (non-hydrogen) atoms. The van der Waals surface area contributed by atoms with E-state index in [2.05, 4.69) is 4.98 Å². The molecule has 0 fully saturated rings. The van der Waals surface area contributed by atoms with Crippen molar-refractivity contribution >= 4 is 41.2 Å². The summed E-state index contributed by atoms with van der Waals surface area (Å²) in [5.41, 5.74) is 0.601. The molecule has 120 valence electrons. The van der Waals surface area contributed by atoms with Crippen molar-refractivity contribution in [2.24, 2.45) is 0 Å². The largest absolute Gasteiger partial charge is 0.439 e. The van der Waals surface area contributed by atoms with Crippen LogP contribution in [0.25, 0.3) is 0 Å². The average molecular weight is 376 g/mol. The van der Waals surface area contributed by atoms with E-state index in [0.717, 1.165) is 16.1 Å². The molecule has 3 nitrogen and oxygen atoms in total. The van der Waals surface area contributed by atoms with Crippen molar-refractivity contribution in [3.63, 3.8) is 0 Å². The van der Waals surface area contributed by atoms with Gasteiger partial charge in [0.1, 0.15) is 12.0 Å². The quantitative estimate of drug-likeness (QED) is 0.501. The number of hydrogen-bond acceptors (Lipinski definition) is 4. The van der Waals surface area contributed by atoms with Gasteiger partial charge < -0.3 is 4.74 Å². The molecule has 0 amide bonds. The van der Waals surface area contributed by atoms with Gasteiger partial charge in [-0.25, -0.2) is 4.98 Å². The van der Waals surface area contributed by atoms with E-state index in [1.54, 1.807) is 42.6 Å². The summed E-state index contributed by atoms with van der Waals surface area (Å²) in [6, 6.07) is 16.0. The van der Waals surface area contributed by atoms with Crippen LogP contribution in [0.15, 0.2) is 70.6 Å². The fraction of sp³-hybridized carbons (Fsp3) is 0. The number of nitrogens with zero attached hydrogens (tertiary/aromatic N) is 1. The Morgan fingerprint density at radius 2 is 1.67 bits per heavy atom. The first-order chi connectivity index (χ1) is 11.6. The number of benzene rings is 2. The Balaban J connectivity index is 1.68. The summed E-state index contributed by atoms with van der Waals surface area (Å²) in [5.74, 6) is 1.10. The molecule has 6 heteroatoms. The highest BCUT2D eigenvalue weighted by atomic mass is 35.5. The van der Waals surface area contributed by atoms with Crippen LogP contribution in [-0.2, 0) is 0 Å². The minimum Gasteiger partial charge on any atom is -0.439 e. The maximum absolute atomic E-state index is 10.6. The molecule has 0 unspecified atom stereocenters. The predicted octanol–water partition coefficient (Wildman–Crippen LogP) is 6.14. The van der Waals surface area contributed by atoms with E-state index in [0.29, 0.717) is 27.2 Å². The van der Waals surface area contributed by atoms with E-state index >= 15 is 0 Å². The van der Waals surface area contributed by atoms with Gasteiger partial charge in [0, 0.05) is 27.6 Å². The van der Waals surface area contributed by atoms with Gasteiger partial charge in [-0.3, -0.25) is 4.79 Å². The summed E-state index contributed by atoms with van der Waals surface area (Å²) in [6.07, 6.45) is 2.51. The summed E-state index contributed by atoms with van der Waals surface area (Å²) >= 11 is 13.5. The van der Waals surface area contributed by atoms with E-state index in [4.69, 9.17) is 27.9 Å². The van der Waals surface area contributed by atoms with Crippen molar-refractivity contribution in [3.05, 3.63) is 76.4 Å². The van der Waals surface area contributed by atoms with E-state index in [-0.39, 0.29) is 0 Å². The molecule has 1 heterocycles. The monoisotopic (exact) mass is 375 g/mol. The fourth-order valence-corrected chi connectivity index (χ4v) is 3.09. The minimum atomic E-state index is 0.479. The van der Waals surface area contributed by atoms with Crippen molar-refractivity contribution in [2.45, 2.75) is 9.79 Å². The van der Waals surface area contributed by atoms with Crippen LogP contribution in [0, 0.1) is 0 Å². The summed E-state index contributed by atoms with van der Waals surface area (Å²) in [6.45, 7) is 0. The smallest absolute Gasteiger partial charge is 0.219 e. The number of aldehydes is 1. The first-order valence-corrected chi connectivity index (χ1v) is 8.53. The lowest BCUT2D eigenvalue weighted by Crippen LogP contribution is -1.88. The highest BCUT2D eigenvalue weighted by molar-refractivity contribution is 7.99. The molecule has 0 saturated carbocycles. The second kappa shape index (κ2) is 7.71. The summed E-state index contributed by atoms with van der Waals surface area (Å²) in [5, 5.41) is 1.05. The van der Waals surface area contributed by atoms with Crippen molar-refractivity contribution in [2.75, 3.05) is 0 Å². The Labute approximate surface area is 153 Å². The number of hydrogen-bond donors (Lipinski definition) is 0. The predicted molar refractivity (Wildman–Crippen MR) is 96.7 cm³/mol. The van der Waals surface area contributed by atoms with Crippen LogP contribution < -0.4 is 4.74 Å². The Bertz CT molecular complexity index is 852. The molecule has 3 rings (SSSR count). The normalized spacial score (nSPS) is 10.4. The molecule has 0 radical (unpaired) electrons. The number of rotatable bonds is 5. The zero-order valence-corrected chi connectivity index (χ0v) is 14.6. The number of pyridine rings is 1. The molecule has 1 aromatic heterocycles. The number of carbonyl (C=O) groups excluding carboxylic acids is 1. The Morgan fingerprint density at radius 3 is 2.29 bits per heavy atom. The maximum Gasteiger partial charge on any atom is 0.219 e. The third kappa shape index (κ3) is 4.29. The van der Waals surface area contributed by atoms with Crippen molar-refractivity contribution in [3.8, 4) is 11.6 Å². The lowest BCUT2D eigenvalue weighted by atomic mass is 10.2. The van der Waals surface area contributed by atoms with Gasteiger partial charge in [-0.15, -0.1) is 0 Å². The SMILES string of the molecule is O=Cc1ccc(Oc2ccc(Sc3ccc(Cl)c(Cl)c3)cn2)cc1. The molecule has 0 N–H and O–H groups in total. The van der Waals surface area contributed by atoms with Gasteiger partial charge in [0.25, 0.3) is 0 Å². The molecular weight excluding hydrogens is 365 g/mol. The van der Waals surface area contributed by atoms with E-state index in [1.165, 1.54) is 11.8 Å². The molecule has 0 spiro atoms. The number of aromatic nitrogens is 1. The molecule has 0 aliphatic rings. The molecular formula is C18H11Cl2NO2S. The van der Waals surface area contributed by atoms with Crippen molar-refractivity contribution in [1.82, 2.24) is 4.98 Å². The first-order valence-electron chi connectivity index (χ1n) is 6.96. The highest BCUT2D eigenvalue weighted by Gasteiger charge is 2.04. The van der Waals surface area contributed by atoms with Gasteiger partial charge in [-0.2, -0.15) is 0 Å². The van der Waals surface area contributed by atoms with Gasteiger partial charge in [0.05, 0.1) is 10.0 Å². The standard InChI is InChI=1S/C18H11Cl2NO2S/c19-16-7-5-14(9-17(16)20)24-15-6-8-18(21-10-15)23-13-3-1-12(11-22)2-4-13/h1-11H. The van der Waals surface area contributed by atoms with E-state index < -0.39 is 0 Å². The lowest BCUT2D eigenvalue weighted by Gasteiger charge is -2.06. The van der Waals surface area contributed by atoms with Crippen LogP contribution in [0.5, 0.6) is 11.6 Å². The van der Waals surface area contributed by atoms with Gasteiger partial charge in [0.15, 0.2) is 0 Å². The molecule has 0 aliphatic carbocycles. The van der Waals surface area contributed by atoms with Gasteiger partial charge >= 0.3 is 0 Å². The zero-order chi connectivity index (χ0) is 16.9. The van der Waals surface area contributed by atoms with Gasteiger partial charge in [0.2, 0.25) is 5.88 Å². The Kier molecular flexibility index (Phi) is 5.41. The maximum atomic E-state index is 10.6. The third-order valence-electron chi connectivity index (χ3n) is 3.07. The summed E-state index contributed by atoms with van der Waals surface area (Å²) in [4.78, 5) is 16.8. The highest BCUT2D eigenvalue weighted by Crippen LogP contribution is 2.33. The lowest BCUT2D eigenvalue weighted by molar-refractivity contribution is 0.112. The minimum absolute atomic E-state index is 0.479. The van der Waals surface area contributed by atoms with Crippen molar-refractivity contribution in [1.29, 1.82) is 0 Å². The number of ether oxygens (including phenoxy) is 1. The third-order valence-corrected chi connectivity index (χ3v) is 4.78. The Morgan fingerprint density at radius 1 is 0.917 bits per heavy atom. The summed E-state index contributed by atoms with van der Waals surface area (Å²) < 4.78 is 5.64. The van der Waals surface area contributed by atoms with Gasteiger partial charge in [-0.1, -0.05) is 35.0 Å². The number of halogens is 2. The van der Waals surface area contributed by atoms with Gasteiger partial charge in [-0.05, 0) is 48.5 Å². The Hall–Kier alpha value is -2.01. The zero-order valence-electron chi connectivity index (χ0n) is 12.3. The van der Waals surface area contributed by atoms with Crippen LogP contribution in [0.4, 0.5) is 0 Å². The number of carbonyl (C=O) groups is 1. The molecule has 3 aromatic rings. The molecule has 2 aromatic carbocycles. The fourth-order valence-electron chi connectivity index (χ4n) is 1.90. The van der Waals surface area contributed by atoms with Crippen LogP contribution in [0.3, 0.4) is 0 Å². The van der Waals surface area contributed by atoms with Crippen LogP contribution in [0.1, 0.15) is 10.4 Å². The topological polar surface area (TPSA) is 39.2 Å². The van der Waals surface area contributed by atoms with Crippen LogP contribution in [-0.4, -0.2) is 11.3 Å². The first kappa shape index (κ1) is 16.8. The van der Waals surface area contributed by atoms with E-state index in [9.17, 15) is 4.79 Å². The van der Waals surface area contributed by atoms with Crippen LogP contribution in [0.2, 0.25) is 10.0 Å². The summed E-state index contributed by atoms with van der Waals surface area (Å²) in [7, 11) is 0. The second-order valence-corrected chi connectivity index (χ2v) is 6.76. The van der Waals surface area contributed by atoms with Crippen molar-refractivity contribution < 1.29 is 9.53 Å². The molecule has 0 atom stereocenters. The van der Waals surface area contributed by atoms with Crippen LogP contribution >= 0.6 is 35.0 Å². The molecule has 0 saturated heterocycles. The second-order valence-electron chi connectivity index (χ2n) is 4.80. The van der Waals surface area contributed by atoms with E-state index in [1.807, 2.05) is 18.2 Å². The average Bonchev–Trinajstić information content (AvgIpc) is 2.61. The molecule has 0 aliphatic heterocycles. The molecule has 0 bridgehead atoms.